The summed E-state index contributed by atoms with van der Waals surface area (Å²) >= 11 is 0. The van der Waals surface area contributed by atoms with Crippen molar-refractivity contribution in [2.24, 2.45) is 0 Å². The first-order valence-corrected chi connectivity index (χ1v) is 14.4. The Labute approximate surface area is 234 Å². The average Bonchev–Trinajstić information content (AvgIpc) is 3.10. The van der Waals surface area contributed by atoms with Crippen LogP contribution in [-0.4, -0.2) is 87.2 Å². The van der Waals surface area contributed by atoms with E-state index in [1.165, 1.54) is 0 Å². The van der Waals surface area contributed by atoms with E-state index in [2.05, 4.69) is 38.7 Å². The lowest BCUT2D eigenvalue weighted by Crippen LogP contribution is -2.50. The van der Waals surface area contributed by atoms with Crippen LogP contribution in [0.2, 0.25) is 0 Å². The fourth-order valence-electron chi connectivity index (χ4n) is 4.79. The van der Waals surface area contributed by atoms with Crippen LogP contribution in [-0.2, 0) is 23.5 Å². The monoisotopic (exact) mass is 546 g/mol. The molecule has 0 N–H and O–H groups in total. The van der Waals surface area contributed by atoms with Gasteiger partial charge in [-0.15, -0.1) is 0 Å². The molecule has 0 bridgehead atoms. The van der Waals surface area contributed by atoms with Crippen LogP contribution in [0, 0.1) is 0 Å². The Bertz CT molecular complexity index is 951. The molecule has 1 aromatic carbocycles. The molecule has 0 saturated carbocycles. The molecule has 9 nitrogen and oxygen atoms in total. The zero-order valence-electron chi connectivity index (χ0n) is 24.9. The molecule has 3 fully saturated rings. The maximum absolute atomic E-state index is 12.5. The molecule has 39 heavy (non-hydrogen) atoms. The number of benzene rings is 1. The van der Waals surface area contributed by atoms with Gasteiger partial charge in [-0.25, -0.2) is 4.79 Å². The molecule has 1 amide bonds. The second-order valence-corrected chi connectivity index (χ2v) is 12.6. The van der Waals surface area contributed by atoms with Gasteiger partial charge in [0.15, 0.2) is 6.29 Å². The van der Waals surface area contributed by atoms with Gasteiger partial charge in [0.2, 0.25) is 0 Å². The molecule has 218 valence electrons. The van der Waals surface area contributed by atoms with Crippen molar-refractivity contribution < 1.29 is 33.1 Å². The summed E-state index contributed by atoms with van der Waals surface area (Å²) in [5.41, 5.74) is 0.565. The van der Waals surface area contributed by atoms with Gasteiger partial charge >= 0.3 is 13.2 Å². The lowest BCUT2D eigenvalue weighted by molar-refractivity contribution is -0.163. The largest absolute Gasteiger partial charge is 0.494 e. The minimum absolute atomic E-state index is 0.0951. The molecule has 3 aliphatic heterocycles. The maximum atomic E-state index is 12.5. The third kappa shape index (κ3) is 7.81. The zero-order valence-corrected chi connectivity index (χ0v) is 24.9. The van der Waals surface area contributed by atoms with Gasteiger partial charge in [-0.1, -0.05) is 6.07 Å². The van der Waals surface area contributed by atoms with Gasteiger partial charge in [0, 0.05) is 39.2 Å². The van der Waals surface area contributed by atoms with Crippen LogP contribution in [0.25, 0.3) is 0 Å². The highest BCUT2D eigenvalue weighted by Gasteiger charge is 2.51. The summed E-state index contributed by atoms with van der Waals surface area (Å²) in [6, 6.07) is 6.15. The number of piperazine rings is 1. The molecule has 3 saturated heterocycles. The van der Waals surface area contributed by atoms with Crippen molar-refractivity contribution in [1.29, 1.82) is 0 Å². The summed E-state index contributed by atoms with van der Waals surface area (Å²) in [5, 5.41) is 0. The van der Waals surface area contributed by atoms with E-state index in [-0.39, 0.29) is 12.4 Å². The van der Waals surface area contributed by atoms with Crippen LogP contribution < -0.4 is 15.1 Å². The Morgan fingerprint density at radius 3 is 2.33 bits per heavy atom. The predicted octanol–water partition coefficient (Wildman–Crippen LogP) is 4.36. The minimum atomic E-state index is -0.509. The van der Waals surface area contributed by atoms with E-state index >= 15 is 0 Å². The number of carbonyl (C=O) groups is 1. The molecule has 4 rings (SSSR count). The van der Waals surface area contributed by atoms with Gasteiger partial charge in [-0.3, -0.25) is 0 Å². The summed E-state index contributed by atoms with van der Waals surface area (Å²) in [4.78, 5) is 16.6. The maximum Gasteiger partial charge on any atom is 0.494 e. The Balaban J connectivity index is 1.42. The number of hydrogen-bond donors (Lipinski definition) is 0. The van der Waals surface area contributed by atoms with Crippen molar-refractivity contribution in [3.8, 4) is 5.75 Å². The van der Waals surface area contributed by atoms with Crippen LogP contribution in [0.15, 0.2) is 18.2 Å². The summed E-state index contributed by atoms with van der Waals surface area (Å²) in [6.45, 7) is 18.3. The number of ether oxygens (including phenoxy) is 4. The van der Waals surface area contributed by atoms with Crippen molar-refractivity contribution in [3.63, 3.8) is 0 Å². The van der Waals surface area contributed by atoms with Crippen molar-refractivity contribution in [2.45, 2.75) is 97.2 Å². The average molecular weight is 547 g/mol. The molecule has 0 spiro atoms. The van der Waals surface area contributed by atoms with Crippen LogP contribution in [0.1, 0.15) is 74.1 Å². The molecule has 0 aliphatic carbocycles. The van der Waals surface area contributed by atoms with Crippen molar-refractivity contribution >= 4 is 24.4 Å². The lowest BCUT2D eigenvalue weighted by atomic mass is 9.79. The van der Waals surface area contributed by atoms with Gasteiger partial charge in [-0.2, -0.15) is 0 Å². The zero-order chi connectivity index (χ0) is 28.3. The molecule has 0 radical (unpaired) electrons. The van der Waals surface area contributed by atoms with E-state index in [0.29, 0.717) is 39.4 Å². The molecular formula is C29H47BN2O7. The molecule has 3 heterocycles. The SMILES string of the molecule is CC(C)(C)OC(=O)N1CCN(c2ccc(B3OC(C)(C)C(C)(C)O3)cc2OCCCOC2CCCCO2)CC1. The quantitative estimate of drug-likeness (QED) is 0.352. The number of amides is 1. The molecular weight excluding hydrogens is 499 g/mol. The normalized spacial score (nSPS) is 23.2. The van der Waals surface area contributed by atoms with E-state index in [1.54, 1.807) is 4.90 Å². The van der Waals surface area contributed by atoms with E-state index in [1.807, 2.05) is 32.9 Å². The Hall–Kier alpha value is -2.01. The number of carbonyl (C=O) groups excluding carboxylic acids is 1. The topological polar surface area (TPSA) is 78.9 Å². The summed E-state index contributed by atoms with van der Waals surface area (Å²) in [5.74, 6) is 0.779. The van der Waals surface area contributed by atoms with E-state index in [4.69, 9.17) is 28.3 Å². The van der Waals surface area contributed by atoms with E-state index in [0.717, 1.165) is 49.2 Å². The highest BCUT2D eigenvalue weighted by atomic mass is 16.7. The molecule has 3 aliphatic rings. The van der Waals surface area contributed by atoms with E-state index in [9.17, 15) is 4.79 Å². The highest BCUT2D eigenvalue weighted by Crippen LogP contribution is 2.37. The second kappa shape index (κ2) is 12.2. The fraction of sp³-hybridized carbons (Fsp3) is 0.759. The van der Waals surface area contributed by atoms with Crippen LogP contribution in [0.5, 0.6) is 5.75 Å². The molecule has 1 unspecified atom stereocenters. The Morgan fingerprint density at radius 1 is 1.03 bits per heavy atom. The first-order chi connectivity index (χ1) is 18.3. The van der Waals surface area contributed by atoms with Crippen LogP contribution in [0.3, 0.4) is 0 Å². The number of hydrogen-bond acceptors (Lipinski definition) is 8. The summed E-state index contributed by atoms with van der Waals surface area (Å²) in [6.07, 6.45) is 3.61. The fourth-order valence-corrected chi connectivity index (χ4v) is 4.79. The predicted molar refractivity (Wildman–Crippen MR) is 152 cm³/mol. The van der Waals surface area contributed by atoms with Crippen LogP contribution >= 0.6 is 0 Å². The van der Waals surface area contributed by atoms with Crippen molar-refractivity contribution in [1.82, 2.24) is 4.90 Å². The number of nitrogens with zero attached hydrogens (tertiary/aromatic N) is 2. The van der Waals surface area contributed by atoms with Gasteiger partial charge in [0.25, 0.3) is 0 Å². The van der Waals surface area contributed by atoms with Gasteiger partial charge in [0.05, 0.1) is 30.1 Å². The molecule has 1 aromatic rings. The third-order valence-corrected chi connectivity index (χ3v) is 7.77. The number of rotatable bonds is 8. The summed E-state index contributed by atoms with van der Waals surface area (Å²) < 4.78 is 36.1. The Kier molecular flexibility index (Phi) is 9.41. The third-order valence-electron chi connectivity index (χ3n) is 7.77. The molecule has 10 heteroatoms. The molecule has 0 aromatic heterocycles. The highest BCUT2D eigenvalue weighted by molar-refractivity contribution is 6.62. The Morgan fingerprint density at radius 2 is 1.72 bits per heavy atom. The van der Waals surface area contributed by atoms with Gasteiger partial charge in [-0.05, 0) is 85.3 Å². The first-order valence-electron chi connectivity index (χ1n) is 14.4. The van der Waals surface area contributed by atoms with Crippen molar-refractivity contribution in [3.05, 3.63) is 18.2 Å². The molecule has 1 atom stereocenters. The lowest BCUT2D eigenvalue weighted by Gasteiger charge is -2.37. The smallest absolute Gasteiger partial charge is 0.491 e. The van der Waals surface area contributed by atoms with Gasteiger partial charge in [0.1, 0.15) is 11.4 Å². The van der Waals surface area contributed by atoms with E-state index < -0.39 is 23.9 Å². The van der Waals surface area contributed by atoms with Gasteiger partial charge < -0.3 is 38.1 Å². The first kappa shape index (κ1) is 30.0. The summed E-state index contributed by atoms with van der Waals surface area (Å²) in [7, 11) is -0.470. The minimum Gasteiger partial charge on any atom is -0.491 e. The standard InChI is InChI=1S/C29H47BN2O7/c1-27(2,3)37-26(33)32-16-14-31(15-17-32)23-13-12-22(30-38-28(4,5)29(6,7)39-30)21-24(23)34-19-10-20-36-25-11-8-9-18-35-25/h12-13,21,25H,8-11,14-20H2,1-7H3. The van der Waals surface area contributed by atoms with Crippen molar-refractivity contribution in [2.75, 3.05) is 50.9 Å². The number of anilines is 1. The van der Waals surface area contributed by atoms with Crippen LogP contribution in [0.4, 0.5) is 10.5 Å². The second-order valence-electron chi connectivity index (χ2n) is 12.6.